The Morgan fingerprint density at radius 1 is 1.27 bits per heavy atom. The Hall–Kier alpha value is -3.13. The maximum Gasteiger partial charge on any atom is 0.270 e. The molecule has 0 saturated carbocycles. The van der Waals surface area contributed by atoms with Gasteiger partial charge in [0.2, 0.25) is 0 Å². The number of benzene rings is 1. The fourth-order valence-corrected chi connectivity index (χ4v) is 4.19. The van der Waals surface area contributed by atoms with E-state index in [1.54, 1.807) is 23.4 Å². The summed E-state index contributed by atoms with van der Waals surface area (Å²) in [5, 5.41) is 2.89. The molecule has 7 nitrogen and oxygen atoms in total. The fourth-order valence-electron chi connectivity index (χ4n) is 3.99. The van der Waals surface area contributed by atoms with E-state index in [4.69, 9.17) is 11.6 Å². The van der Waals surface area contributed by atoms with E-state index in [9.17, 15) is 18.8 Å². The van der Waals surface area contributed by atoms with Gasteiger partial charge in [0.05, 0.1) is 28.0 Å². The first-order valence-electron chi connectivity index (χ1n) is 9.42. The lowest BCUT2D eigenvalue weighted by Crippen LogP contribution is -2.37. The topological polar surface area (TPSA) is 76.3 Å². The third-order valence-electron chi connectivity index (χ3n) is 5.54. The van der Waals surface area contributed by atoms with Crippen LogP contribution in [0.5, 0.6) is 0 Å². The van der Waals surface area contributed by atoms with E-state index in [0.29, 0.717) is 46.4 Å². The van der Waals surface area contributed by atoms with Crippen LogP contribution in [0.2, 0.25) is 5.02 Å². The van der Waals surface area contributed by atoms with Crippen molar-refractivity contribution in [1.82, 2.24) is 19.4 Å². The smallest absolute Gasteiger partial charge is 0.270 e. The van der Waals surface area contributed by atoms with Crippen LogP contribution in [0.1, 0.15) is 32.0 Å². The summed E-state index contributed by atoms with van der Waals surface area (Å²) in [6.45, 7) is 2.80. The van der Waals surface area contributed by atoms with Gasteiger partial charge in [-0.05, 0) is 30.2 Å². The molecule has 2 amide bonds. The molecule has 0 saturated heterocycles. The number of hydrogen-bond acceptors (Lipinski definition) is 3. The summed E-state index contributed by atoms with van der Waals surface area (Å²) in [6, 6.07) is 4.22. The van der Waals surface area contributed by atoms with E-state index in [0.717, 1.165) is 0 Å². The Labute approximate surface area is 176 Å². The van der Waals surface area contributed by atoms with Gasteiger partial charge in [0, 0.05) is 33.4 Å². The molecule has 1 N–H and O–H groups in total. The first-order chi connectivity index (χ1) is 14.2. The first-order valence-corrected chi connectivity index (χ1v) is 9.80. The van der Waals surface area contributed by atoms with Gasteiger partial charge in [0.1, 0.15) is 11.5 Å². The molecule has 9 heteroatoms. The number of halogens is 2. The molecule has 1 aliphatic rings. The van der Waals surface area contributed by atoms with Gasteiger partial charge in [-0.25, -0.2) is 4.39 Å². The van der Waals surface area contributed by atoms with E-state index in [1.807, 2.05) is 0 Å². The van der Waals surface area contributed by atoms with Crippen LogP contribution < -0.4 is 10.9 Å². The summed E-state index contributed by atoms with van der Waals surface area (Å²) < 4.78 is 16.7. The highest BCUT2D eigenvalue weighted by Gasteiger charge is 2.31. The number of likely N-dealkylation sites (N-methyl/N-ethyl adjacent to an activating group) is 1. The number of fused-ring (bicyclic) bond motifs is 3. The van der Waals surface area contributed by atoms with Crippen molar-refractivity contribution in [2.75, 3.05) is 20.6 Å². The summed E-state index contributed by atoms with van der Waals surface area (Å²) >= 11 is 5.87. The van der Waals surface area contributed by atoms with E-state index < -0.39 is 5.82 Å². The van der Waals surface area contributed by atoms with Crippen LogP contribution in [0.4, 0.5) is 4.39 Å². The maximum absolute atomic E-state index is 13.5. The normalized spacial score (nSPS) is 13.6. The van der Waals surface area contributed by atoms with E-state index >= 15 is 0 Å². The number of nitrogens with zero attached hydrogens (tertiary/aromatic N) is 3. The van der Waals surface area contributed by atoms with Crippen LogP contribution in [0.3, 0.4) is 0 Å². The summed E-state index contributed by atoms with van der Waals surface area (Å²) in [5.41, 5.74) is 2.01. The lowest BCUT2D eigenvalue weighted by Gasteiger charge is -2.25. The van der Waals surface area contributed by atoms with Crippen LogP contribution >= 0.6 is 11.6 Å². The highest BCUT2D eigenvalue weighted by atomic mass is 35.5. The van der Waals surface area contributed by atoms with E-state index in [-0.39, 0.29) is 28.9 Å². The number of rotatable bonds is 3. The predicted molar refractivity (Wildman–Crippen MR) is 112 cm³/mol. The van der Waals surface area contributed by atoms with Crippen molar-refractivity contribution in [2.45, 2.75) is 20.0 Å². The number of pyridine rings is 1. The molecule has 2 aromatic heterocycles. The number of aromatic nitrogens is 2. The standard InChI is InChI=1S/C21H20ClFN4O3/c1-11-16-18(27-7-6-25(3)21(30)17(11)27)13(19(28)24-2)10-26(20(16)29)9-12-4-5-15(23)14(22)8-12/h4-5,8,10H,6-7,9H2,1-3H3,(H,24,28). The van der Waals surface area contributed by atoms with Crippen LogP contribution in [0, 0.1) is 12.7 Å². The minimum atomic E-state index is -0.548. The second-order valence-electron chi connectivity index (χ2n) is 7.38. The molecule has 0 radical (unpaired) electrons. The average molecular weight is 431 g/mol. The Bertz CT molecular complexity index is 1280. The van der Waals surface area contributed by atoms with Gasteiger partial charge in [-0.15, -0.1) is 0 Å². The molecule has 30 heavy (non-hydrogen) atoms. The zero-order chi connectivity index (χ0) is 21.7. The number of amides is 2. The van der Waals surface area contributed by atoms with Crippen LogP contribution in [0.25, 0.3) is 10.9 Å². The van der Waals surface area contributed by atoms with Gasteiger partial charge in [-0.1, -0.05) is 17.7 Å². The zero-order valence-electron chi connectivity index (χ0n) is 16.8. The lowest BCUT2D eigenvalue weighted by atomic mass is 10.1. The molecule has 3 aromatic rings. The van der Waals surface area contributed by atoms with Gasteiger partial charge in [0.25, 0.3) is 17.4 Å². The predicted octanol–water partition coefficient (Wildman–Crippen LogP) is 2.40. The zero-order valence-corrected chi connectivity index (χ0v) is 17.5. The molecule has 1 aliphatic heterocycles. The average Bonchev–Trinajstić information content (AvgIpc) is 3.02. The molecule has 4 rings (SSSR count). The number of nitrogens with one attached hydrogen (secondary N) is 1. The Morgan fingerprint density at radius 2 is 2.00 bits per heavy atom. The number of carbonyl (C=O) groups is 2. The molecule has 0 unspecified atom stereocenters. The van der Waals surface area contributed by atoms with Gasteiger partial charge >= 0.3 is 0 Å². The first kappa shape index (κ1) is 20.2. The summed E-state index contributed by atoms with van der Waals surface area (Å²) in [6.07, 6.45) is 1.48. The van der Waals surface area contributed by atoms with Crippen molar-refractivity contribution in [2.24, 2.45) is 0 Å². The van der Waals surface area contributed by atoms with Gasteiger partial charge in [0.15, 0.2) is 0 Å². The SMILES string of the molecule is CNC(=O)c1cn(Cc2ccc(F)c(Cl)c2)c(=O)c2c(C)c3n(c12)CCN(C)C3=O. The summed E-state index contributed by atoms with van der Waals surface area (Å²) in [7, 11) is 3.22. The van der Waals surface area contributed by atoms with Crippen molar-refractivity contribution in [1.29, 1.82) is 0 Å². The molecule has 0 atom stereocenters. The largest absolute Gasteiger partial charge is 0.355 e. The maximum atomic E-state index is 13.5. The van der Waals surface area contributed by atoms with Crippen LogP contribution in [0.15, 0.2) is 29.2 Å². The van der Waals surface area contributed by atoms with E-state index in [1.165, 1.54) is 36.0 Å². The highest BCUT2D eigenvalue weighted by Crippen LogP contribution is 2.29. The van der Waals surface area contributed by atoms with Crippen molar-refractivity contribution in [3.63, 3.8) is 0 Å². The number of aryl methyl sites for hydroxylation is 1. The molecular formula is C21H20ClFN4O3. The molecule has 0 fully saturated rings. The molecule has 3 heterocycles. The second-order valence-corrected chi connectivity index (χ2v) is 7.79. The Balaban J connectivity index is 2.00. The van der Waals surface area contributed by atoms with Gasteiger partial charge < -0.3 is 19.4 Å². The minimum Gasteiger partial charge on any atom is -0.355 e. The van der Waals surface area contributed by atoms with Crippen molar-refractivity contribution in [3.8, 4) is 0 Å². The molecule has 1 aromatic carbocycles. The third-order valence-corrected chi connectivity index (χ3v) is 5.83. The molecule has 156 valence electrons. The highest BCUT2D eigenvalue weighted by molar-refractivity contribution is 6.30. The number of carbonyl (C=O) groups excluding carboxylic acids is 2. The minimum absolute atomic E-state index is 0.0442. The molecule has 0 spiro atoms. The molecule has 0 aliphatic carbocycles. The number of hydrogen-bond donors (Lipinski definition) is 1. The Morgan fingerprint density at radius 3 is 2.67 bits per heavy atom. The summed E-state index contributed by atoms with van der Waals surface area (Å²) in [5.74, 6) is -1.10. The van der Waals surface area contributed by atoms with Crippen LogP contribution in [-0.4, -0.2) is 46.5 Å². The monoisotopic (exact) mass is 430 g/mol. The molecular weight excluding hydrogens is 411 g/mol. The van der Waals surface area contributed by atoms with Crippen molar-refractivity contribution < 1.29 is 14.0 Å². The van der Waals surface area contributed by atoms with Crippen molar-refractivity contribution >= 4 is 34.3 Å². The fraction of sp³-hybridized carbons (Fsp3) is 0.286. The third kappa shape index (κ3) is 2.99. The van der Waals surface area contributed by atoms with Crippen LogP contribution in [-0.2, 0) is 13.1 Å². The van der Waals surface area contributed by atoms with Gasteiger partial charge in [-0.3, -0.25) is 14.4 Å². The Kier molecular flexibility index (Phi) is 4.89. The van der Waals surface area contributed by atoms with Crippen molar-refractivity contribution in [3.05, 3.63) is 68.0 Å². The second kappa shape index (κ2) is 7.28. The summed E-state index contributed by atoms with van der Waals surface area (Å²) in [4.78, 5) is 40.4. The molecule has 0 bridgehead atoms. The van der Waals surface area contributed by atoms with Gasteiger partial charge in [-0.2, -0.15) is 0 Å². The lowest BCUT2D eigenvalue weighted by molar-refractivity contribution is 0.0749. The van der Waals surface area contributed by atoms with E-state index in [2.05, 4.69) is 5.32 Å². The quantitative estimate of drug-likeness (QED) is 0.693.